The van der Waals surface area contributed by atoms with Crippen molar-refractivity contribution in [3.8, 4) is 5.75 Å². The van der Waals surface area contributed by atoms with Crippen LogP contribution in [0.4, 0.5) is 5.69 Å². The van der Waals surface area contributed by atoms with Crippen LogP contribution in [0, 0.1) is 0 Å². The fraction of sp³-hybridized carbons (Fsp3) is 0. The van der Waals surface area contributed by atoms with Gasteiger partial charge in [-0.3, -0.25) is 4.79 Å². The van der Waals surface area contributed by atoms with Gasteiger partial charge >= 0.3 is 0 Å². The summed E-state index contributed by atoms with van der Waals surface area (Å²) in [5.41, 5.74) is 1.40. The molecule has 0 atom stereocenters. The highest BCUT2D eigenvalue weighted by atomic mass is 32.1. The lowest BCUT2D eigenvalue weighted by Gasteiger charge is -2.09. The van der Waals surface area contributed by atoms with Crippen molar-refractivity contribution in [1.82, 2.24) is 0 Å². The summed E-state index contributed by atoms with van der Waals surface area (Å²) < 4.78 is 5.43. The molecule has 2 aromatic rings. The summed E-state index contributed by atoms with van der Waals surface area (Å²) in [5, 5.41) is 3.20. The van der Waals surface area contributed by atoms with E-state index in [1.807, 2.05) is 30.3 Å². The van der Waals surface area contributed by atoms with Crippen molar-refractivity contribution >= 4 is 29.4 Å². The Morgan fingerprint density at radius 3 is 2.33 bits per heavy atom. The molecule has 0 saturated carbocycles. The molecular weight excluding hydrogens is 246 g/mol. The smallest absolute Gasteiger partial charge is 0.266 e. The predicted octanol–water partition coefficient (Wildman–Crippen LogP) is 3.27. The monoisotopic (exact) mass is 257 g/mol. The van der Waals surface area contributed by atoms with Crippen LogP contribution in [-0.2, 0) is 0 Å². The standard InChI is InChI=1S/C14H11NO2S/c16-10-11-6-8-12(9-7-11)15-14(18)17-13-4-2-1-3-5-13/h1-10H,(H,15,18). The number of aldehydes is 1. The van der Waals surface area contributed by atoms with Crippen LogP contribution >= 0.6 is 12.2 Å². The molecular formula is C14H11NO2S. The average molecular weight is 257 g/mol. The highest BCUT2D eigenvalue weighted by Crippen LogP contribution is 2.12. The first-order chi connectivity index (χ1) is 8.78. The largest absolute Gasteiger partial charge is 0.432 e. The van der Waals surface area contributed by atoms with E-state index < -0.39 is 0 Å². The number of ether oxygens (including phenoxy) is 1. The maximum atomic E-state index is 10.5. The Balaban J connectivity index is 1.96. The van der Waals surface area contributed by atoms with E-state index in [2.05, 4.69) is 5.32 Å². The van der Waals surface area contributed by atoms with E-state index in [0.717, 1.165) is 12.0 Å². The van der Waals surface area contributed by atoms with Crippen LogP contribution < -0.4 is 10.1 Å². The second kappa shape index (κ2) is 5.93. The summed E-state index contributed by atoms with van der Waals surface area (Å²) in [6.07, 6.45) is 0.794. The van der Waals surface area contributed by atoms with Gasteiger partial charge < -0.3 is 10.1 Å². The summed E-state index contributed by atoms with van der Waals surface area (Å²) >= 11 is 5.08. The number of rotatable bonds is 3. The van der Waals surface area contributed by atoms with Gasteiger partial charge in [0.2, 0.25) is 0 Å². The normalized spacial score (nSPS) is 9.56. The predicted molar refractivity (Wildman–Crippen MR) is 75.1 cm³/mol. The van der Waals surface area contributed by atoms with E-state index in [1.165, 1.54) is 0 Å². The number of para-hydroxylation sites is 1. The molecule has 0 aliphatic carbocycles. The van der Waals surface area contributed by atoms with Crippen LogP contribution in [0.1, 0.15) is 10.4 Å². The third kappa shape index (κ3) is 3.40. The van der Waals surface area contributed by atoms with Crippen LogP contribution in [-0.4, -0.2) is 11.5 Å². The third-order valence-electron chi connectivity index (χ3n) is 2.25. The highest BCUT2D eigenvalue weighted by molar-refractivity contribution is 7.80. The number of anilines is 1. The van der Waals surface area contributed by atoms with E-state index in [1.54, 1.807) is 24.3 Å². The Hall–Kier alpha value is -2.20. The summed E-state index contributed by atoms with van der Waals surface area (Å²) in [5.74, 6) is 0.680. The molecule has 0 aliphatic heterocycles. The Bertz CT molecular complexity index is 537. The molecule has 4 heteroatoms. The molecule has 0 unspecified atom stereocenters. The number of hydrogen-bond acceptors (Lipinski definition) is 3. The second-order valence-electron chi connectivity index (χ2n) is 3.57. The lowest BCUT2D eigenvalue weighted by molar-refractivity contribution is 0.112. The summed E-state index contributed by atoms with van der Waals surface area (Å²) in [4.78, 5) is 10.5. The third-order valence-corrected chi connectivity index (χ3v) is 2.43. The quantitative estimate of drug-likeness (QED) is 0.676. The van der Waals surface area contributed by atoms with Crippen molar-refractivity contribution in [3.63, 3.8) is 0 Å². The summed E-state index contributed by atoms with van der Waals surface area (Å²) in [6, 6.07) is 16.2. The Morgan fingerprint density at radius 2 is 1.72 bits per heavy atom. The molecule has 0 amide bonds. The number of carbonyl (C=O) groups excluding carboxylic acids is 1. The van der Waals surface area contributed by atoms with Gasteiger partial charge in [-0.05, 0) is 48.6 Å². The maximum Gasteiger partial charge on any atom is 0.266 e. The molecule has 2 rings (SSSR count). The zero-order chi connectivity index (χ0) is 12.8. The minimum atomic E-state index is 0.264. The van der Waals surface area contributed by atoms with Crippen molar-refractivity contribution < 1.29 is 9.53 Å². The molecule has 3 nitrogen and oxygen atoms in total. The van der Waals surface area contributed by atoms with Gasteiger partial charge in [0.25, 0.3) is 5.17 Å². The van der Waals surface area contributed by atoms with Gasteiger partial charge in [-0.2, -0.15) is 0 Å². The fourth-order valence-electron chi connectivity index (χ4n) is 1.38. The molecule has 0 radical (unpaired) electrons. The Kier molecular flexibility index (Phi) is 4.04. The van der Waals surface area contributed by atoms with Gasteiger partial charge in [0.1, 0.15) is 12.0 Å². The van der Waals surface area contributed by atoms with Crippen LogP contribution in [0.15, 0.2) is 54.6 Å². The Labute approximate surface area is 110 Å². The lowest BCUT2D eigenvalue weighted by atomic mass is 10.2. The maximum absolute atomic E-state index is 10.5. The molecule has 0 heterocycles. The average Bonchev–Trinajstić information content (AvgIpc) is 2.40. The van der Waals surface area contributed by atoms with Gasteiger partial charge in [-0.25, -0.2) is 0 Å². The second-order valence-corrected chi connectivity index (χ2v) is 3.94. The number of benzene rings is 2. The molecule has 2 aromatic carbocycles. The summed E-state index contributed by atoms with van der Waals surface area (Å²) in [7, 11) is 0. The molecule has 90 valence electrons. The molecule has 1 N–H and O–H groups in total. The first-order valence-corrected chi connectivity index (χ1v) is 5.78. The molecule has 0 saturated heterocycles. The number of carbonyl (C=O) groups is 1. The highest BCUT2D eigenvalue weighted by Gasteiger charge is 2.00. The van der Waals surface area contributed by atoms with Crippen molar-refractivity contribution in [2.75, 3.05) is 5.32 Å². The van der Waals surface area contributed by atoms with E-state index in [4.69, 9.17) is 17.0 Å². The zero-order valence-corrected chi connectivity index (χ0v) is 10.3. The van der Waals surface area contributed by atoms with E-state index in [0.29, 0.717) is 11.3 Å². The van der Waals surface area contributed by atoms with Gasteiger partial charge in [-0.1, -0.05) is 18.2 Å². The van der Waals surface area contributed by atoms with Gasteiger partial charge in [-0.15, -0.1) is 0 Å². The van der Waals surface area contributed by atoms with Gasteiger partial charge in [0.05, 0.1) is 0 Å². The Morgan fingerprint density at radius 1 is 1.06 bits per heavy atom. The van der Waals surface area contributed by atoms with E-state index >= 15 is 0 Å². The number of hydrogen-bond donors (Lipinski definition) is 1. The number of nitrogens with one attached hydrogen (secondary N) is 1. The van der Waals surface area contributed by atoms with Crippen LogP contribution in [0.2, 0.25) is 0 Å². The molecule has 0 bridgehead atoms. The van der Waals surface area contributed by atoms with Crippen LogP contribution in [0.3, 0.4) is 0 Å². The molecule has 0 aliphatic rings. The van der Waals surface area contributed by atoms with Crippen molar-refractivity contribution in [2.24, 2.45) is 0 Å². The van der Waals surface area contributed by atoms with Crippen molar-refractivity contribution in [2.45, 2.75) is 0 Å². The van der Waals surface area contributed by atoms with E-state index in [-0.39, 0.29) is 5.17 Å². The van der Waals surface area contributed by atoms with Crippen molar-refractivity contribution in [3.05, 3.63) is 60.2 Å². The first kappa shape index (κ1) is 12.3. The SMILES string of the molecule is O=Cc1ccc(NC(=S)Oc2ccccc2)cc1. The fourth-order valence-corrected chi connectivity index (χ4v) is 1.60. The van der Waals surface area contributed by atoms with E-state index in [9.17, 15) is 4.79 Å². The molecule has 18 heavy (non-hydrogen) atoms. The minimum absolute atomic E-state index is 0.264. The molecule has 0 spiro atoms. The van der Waals surface area contributed by atoms with Crippen LogP contribution in [0.5, 0.6) is 5.75 Å². The van der Waals surface area contributed by atoms with Crippen molar-refractivity contribution in [1.29, 1.82) is 0 Å². The molecule has 0 aromatic heterocycles. The number of thiocarbonyl (C=S) groups is 1. The van der Waals surface area contributed by atoms with Crippen LogP contribution in [0.25, 0.3) is 0 Å². The topological polar surface area (TPSA) is 38.3 Å². The molecule has 0 fully saturated rings. The lowest BCUT2D eigenvalue weighted by Crippen LogP contribution is -2.16. The van der Waals surface area contributed by atoms with Gasteiger partial charge in [0.15, 0.2) is 0 Å². The summed E-state index contributed by atoms with van der Waals surface area (Å²) in [6.45, 7) is 0. The zero-order valence-electron chi connectivity index (χ0n) is 9.50. The van der Waals surface area contributed by atoms with Gasteiger partial charge in [0, 0.05) is 11.3 Å². The first-order valence-electron chi connectivity index (χ1n) is 5.37. The minimum Gasteiger partial charge on any atom is -0.432 e.